The van der Waals surface area contributed by atoms with Crippen LogP contribution in [0.15, 0.2) is 61.2 Å². The molecule has 0 bridgehead atoms. The van der Waals surface area contributed by atoms with Gasteiger partial charge in [-0.2, -0.15) is 0 Å². The third-order valence-electron chi connectivity index (χ3n) is 2.52. The number of hydrogen-bond donors (Lipinski definition) is 1. The fourth-order valence-electron chi connectivity index (χ4n) is 1.61. The number of halogens is 1. The quantitative estimate of drug-likeness (QED) is 0.817. The Bertz CT molecular complexity index is 578. The van der Waals surface area contributed by atoms with Gasteiger partial charge in [0, 0.05) is 0 Å². The number of rotatable bonds is 3. The molecule has 1 amide bonds. The molecule has 2 aromatic rings. The van der Waals surface area contributed by atoms with Crippen LogP contribution < -0.4 is 5.32 Å². The highest BCUT2D eigenvalue weighted by Crippen LogP contribution is 2.24. The van der Waals surface area contributed by atoms with Crippen LogP contribution in [0.1, 0.15) is 0 Å². The Labute approximate surface area is 105 Å². The number of amides is 1. The lowest BCUT2D eigenvalue weighted by Gasteiger charge is -2.07. The van der Waals surface area contributed by atoms with Crippen LogP contribution >= 0.6 is 0 Å². The van der Waals surface area contributed by atoms with E-state index in [4.69, 9.17) is 0 Å². The first-order valence-corrected chi connectivity index (χ1v) is 5.49. The molecule has 0 aliphatic carbocycles. The smallest absolute Gasteiger partial charge is 0.247 e. The fraction of sp³-hybridized carbons (Fsp3) is 0. The second-order valence-corrected chi connectivity index (χ2v) is 3.75. The summed E-state index contributed by atoms with van der Waals surface area (Å²) >= 11 is 0. The van der Waals surface area contributed by atoms with E-state index in [0.29, 0.717) is 0 Å². The van der Waals surface area contributed by atoms with Crippen LogP contribution in [-0.4, -0.2) is 5.91 Å². The summed E-state index contributed by atoms with van der Waals surface area (Å²) in [4.78, 5) is 11.2. The molecule has 0 atom stereocenters. The molecule has 3 heteroatoms. The highest BCUT2D eigenvalue weighted by molar-refractivity contribution is 5.99. The van der Waals surface area contributed by atoms with E-state index < -0.39 is 11.7 Å². The predicted octanol–water partition coefficient (Wildman–Crippen LogP) is 3.62. The van der Waals surface area contributed by atoms with Crippen LogP contribution in [-0.2, 0) is 4.79 Å². The molecule has 0 fully saturated rings. The Kier molecular flexibility index (Phi) is 3.53. The molecule has 0 aliphatic rings. The molecule has 2 rings (SSSR count). The van der Waals surface area contributed by atoms with Crippen molar-refractivity contribution in [2.75, 3.05) is 5.32 Å². The molecule has 0 aromatic heterocycles. The molecular weight excluding hydrogens is 229 g/mol. The standard InChI is InChI=1S/C15H12FNO/c1-2-15(18)17-14-10-12(8-9-13(14)16)11-6-4-3-5-7-11/h2-10H,1H2,(H,17,18). The minimum Gasteiger partial charge on any atom is -0.320 e. The molecule has 18 heavy (non-hydrogen) atoms. The van der Waals surface area contributed by atoms with Crippen molar-refractivity contribution < 1.29 is 9.18 Å². The fourth-order valence-corrected chi connectivity index (χ4v) is 1.61. The predicted molar refractivity (Wildman–Crippen MR) is 70.7 cm³/mol. The Morgan fingerprint density at radius 2 is 1.83 bits per heavy atom. The summed E-state index contributed by atoms with van der Waals surface area (Å²) in [5, 5.41) is 2.44. The topological polar surface area (TPSA) is 29.1 Å². The molecule has 2 nitrogen and oxygen atoms in total. The lowest BCUT2D eigenvalue weighted by molar-refractivity contribution is -0.111. The van der Waals surface area contributed by atoms with E-state index >= 15 is 0 Å². The Morgan fingerprint density at radius 3 is 2.50 bits per heavy atom. The van der Waals surface area contributed by atoms with Gasteiger partial charge in [-0.1, -0.05) is 43.0 Å². The van der Waals surface area contributed by atoms with Crippen LogP contribution in [0.4, 0.5) is 10.1 Å². The lowest BCUT2D eigenvalue weighted by atomic mass is 10.1. The molecule has 90 valence electrons. The number of nitrogens with one attached hydrogen (secondary N) is 1. The van der Waals surface area contributed by atoms with Gasteiger partial charge in [-0.3, -0.25) is 4.79 Å². The molecular formula is C15H12FNO. The van der Waals surface area contributed by atoms with Gasteiger partial charge in [0.25, 0.3) is 0 Å². The largest absolute Gasteiger partial charge is 0.320 e. The SMILES string of the molecule is C=CC(=O)Nc1cc(-c2ccccc2)ccc1F. The van der Waals surface area contributed by atoms with Crippen LogP contribution in [0.2, 0.25) is 0 Å². The lowest BCUT2D eigenvalue weighted by Crippen LogP contribution is -2.08. The van der Waals surface area contributed by atoms with Gasteiger partial charge in [0.05, 0.1) is 5.69 Å². The van der Waals surface area contributed by atoms with Crippen molar-refractivity contribution in [3.05, 3.63) is 67.0 Å². The maximum Gasteiger partial charge on any atom is 0.247 e. The molecule has 0 saturated heterocycles. The second-order valence-electron chi connectivity index (χ2n) is 3.75. The third-order valence-corrected chi connectivity index (χ3v) is 2.52. The van der Waals surface area contributed by atoms with Crippen LogP contribution in [0.5, 0.6) is 0 Å². The van der Waals surface area contributed by atoms with Crippen molar-refractivity contribution in [1.82, 2.24) is 0 Å². The summed E-state index contributed by atoms with van der Waals surface area (Å²) in [6.07, 6.45) is 1.11. The van der Waals surface area contributed by atoms with Crippen LogP contribution in [0.25, 0.3) is 11.1 Å². The normalized spacial score (nSPS) is 9.83. The van der Waals surface area contributed by atoms with E-state index in [1.54, 1.807) is 12.1 Å². The van der Waals surface area contributed by atoms with Crippen molar-refractivity contribution in [2.24, 2.45) is 0 Å². The van der Waals surface area contributed by atoms with Crippen molar-refractivity contribution in [3.8, 4) is 11.1 Å². The molecule has 0 heterocycles. The number of anilines is 1. The van der Waals surface area contributed by atoms with Gasteiger partial charge in [-0.05, 0) is 29.3 Å². The minimum atomic E-state index is -0.468. The summed E-state index contributed by atoms with van der Waals surface area (Å²) in [5.41, 5.74) is 1.96. The summed E-state index contributed by atoms with van der Waals surface area (Å²) in [7, 11) is 0. The minimum absolute atomic E-state index is 0.154. The van der Waals surface area contributed by atoms with E-state index in [1.165, 1.54) is 6.07 Å². The zero-order valence-electron chi connectivity index (χ0n) is 9.69. The van der Waals surface area contributed by atoms with Crippen molar-refractivity contribution in [3.63, 3.8) is 0 Å². The zero-order chi connectivity index (χ0) is 13.0. The van der Waals surface area contributed by atoms with E-state index in [9.17, 15) is 9.18 Å². The Morgan fingerprint density at radius 1 is 1.11 bits per heavy atom. The molecule has 2 aromatic carbocycles. The highest BCUT2D eigenvalue weighted by atomic mass is 19.1. The summed E-state index contributed by atoms with van der Waals surface area (Å²) in [5.74, 6) is -0.899. The maximum atomic E-state index is 13.5. The summed E-state index contributed by atoms with van der Waals surface area (Å²) < 4.78 is 13.5. The van der Waals surface area contributed by atoms with E-state index in [1.807, 2.05) is 30.3 Å². The van der Waals surface area contributed by atoms with Crippen LogP contribution in [0.3, 0.4) is 0 Å². The first-order valence-electron chi connectivity index (χ1n) is 5.49. The molecule has 0 aliphatic heterocycles. The number of hydrogen-bond acceptors (Lipinski definition) is 1. The summed E-state index contributed by atoms with van der Waals surface area (Å²) in [6.45, 7) is 3.33. The van der Waals surface area contributed by atoms with Gasteiger partial charge < -0.3 is 5.32 Å². The first-order chi connectivity index (χ1) is 8.70. The average Bonchev–Trinajstić information content (AvgIpc) is 2.42. The Balaban J connectivity index is 2.38. The second kappa shape index (κ2) is 5.27. The van der Waals surface area contributed by atoms with Gasteiger partial charge in [-0.15, -0.1) is 0 Å². The number of carbonyl (C=O) groups is 1. The van der Waals surface area contributed by atoms with Gasteiger partial charge in [0.15, 0.2) is 0 Å². The van der Waals surface area contributed by atoms with Crippen molar-refractivity contribution in [2.45, 2.75) is 0 Å². The first kappa shape index (κ1) is 12.0. The molecule has 1 N–H and O–H groups in total. The Hall–Kier alpha value is -2.42. The van der Waals surface area contributed by atoms with Crippen LogP contribution in [0, 0.1) is 5.82 Å². The van der Waals surface area contributed by atoms with Crippen molar-refractivity contribution >= 4 is 11.6 Å². The molecule has 0 radical (unpaired) electrons. The van der Waals surface area contributed by atoms with E-state index in [-0.39, 0.29) is 5.69 Å². The van der Waals surface area contributed by atoms with Gasteiger partial charge in [0.1, 0.15) is 5.82 Å². The van der Waals surface area contributed by atoms with Gasteiger partial charge in [0.2, 0.25) is 5.91 Å². The van der Waals surface area contributed by atoms with Crippen molar-refractivity contribution in [1.29, 1.82) is 0 Å². The van der Waals surface area contributed by atoms with Gasteiger partial charge >= 0.3 is 0 Å². The van der Waals surface area contributed by atoms with E-state index in [2.05, 4.69) is 11.9 Å². The highest BCUT2D eigenvalue weighted by Gasteiger charge is 2.06. The zero-order valence-corrected chi connectivity index (χ0v) is 9.69. The monoisotopic (exact) mass is 241 g/mol. The number of carbonyl (C=O) groups excluding carboxylic acids is 1. The maximum absolute atomic E-state index is 13.5. The average molecular weight is 241 g/mol. The molecule has 0 unspecified atom stereocenters. The number of benzene rings is 2. The molecule has 0 saturated carbocycles. The summed E-state index contributed by atoms with van der Waals surface area (Å²) in [6, 6.07) is 14.2. The third kappa shape index (κ3) is 2.63. The molecule has 0 spiro atoms. The van der Waals surface area contributed by atoms with E-state index in [0.717, 1.165) is 17.2 Å². The van der Waals surface area contributed by atoms with Gasteiger partial charge in [-0.25, -0.2) is 4.39 Å².